The van der Waals surface area contributed by atoms with Crippen molar-refractivity contribution in [2.45, 2.75) is 53.9 Å². The molecule has 2 saturated heterocycles. The zero-order chi connectivity index (χ0) is 35.5. The first kappa shape index (κ1) is 36.4. The number of nitrogens with one attached hydrogen (secondary N) is 1. The molecule has 10 nitrogen and oxygen atoms in total. The van der Waals surface area contributed by atoms with Gasteiger partial charge >= 0.3 is 0 Å². The molecule has 0 spiro atoms. The molecule has 1 amide bonds. The molecule has 264 valence electrons. The Hall–Kier alpha value is -3.43. The van der Waals surface area contributed by atoms with E-state index < -0.39 is 26.1 Å². The molecule has 2 atom stereocenters. The van der Waals surface area contributed by atoms with Crippen molar-refractivity contribution in [2.24, 2.45) is 0 Å². The molecule has 0 radical (unpaired) electrons. The van der Waals surface area contributed by atoms with E-state index in [2.05, 4.69) is 10.2 Å². The van der Waals surface area contributed by atoms with Gasteiger partial charge in [0.25, 0.3) is 15.9 Å². The van der Waals surface area contributed by atoms with Crippen LogP contribution < -0.4 is 5.32 Å². The summed E-state index contributed by atoms with van der Waals surface area (Å²) in [5, 5.41) is 3.30. The number of carbonyl (C=O) groups is 2. The van der Waals surface area contributed by atoms with Gasteiger partial charge in [-0.15, -0.1) is 11.3 Å². The highest BCUT2D eigenvalue weighted by Gasteiger charge is 2.44. The lowest BCUT2D eigenvalue weighted by Gasteiger charge is -2.39. The van der Waals surface area contributed by atoms with E-state index in [-0.39, 0.29) is 59.4 Å². The summed E-state index contributed by atoms with van der Waals surface area (Å²) >= 11 is 6.94. The molecule has 1 aromatic heterocycles. The van der Waals surface area contributed by atoms with Crippen molar-refractivity contribution in [1.29, 1.82) is 0 Å². The average Bonchev–Trinajstić information content (AvgIpc) is 3.81. The highest BCUT2D eigenvalue weighted by atomic mass is 35.5. The lowest BCUT2D eigenvalue weighted by atomic mass is 10.0. The first-order valence-electron chi connectivity index (χ1n) is 16.5. The molecule has 50 heavy (non-hydrogen) atoms. The van der Waals surface area contributed by atoms with Gasteiger partial charge in [-0.1, -0.05) is 61.0 Å². The van der Waals surface area contributed by atoms with E-state index in [0.29, 0.717) is 15.5 Å². The SMILES string of the molecule is CCN1CCCC1CC(=O)C1CN(S(=O)(=O)c2ccc(CNC(=O)c3ccc(Cl)cc3)s2)CCN1S(=O)(=O)c1ccc(-c2ccccc2)cc1. The van der Waals surface area contributed by atoms with Gasteiger partial charge in [0, 0.05) is 47.6 Å². The number of thiophene rings is 1. The second-order valence-corrected chi connectivity index (χ2v) is 18.1. The van der Waals surface area contributed by atoms with Crippen molar-refractivity contribution in [3.05, 3.63) is 106 Å². The number of piperazine rings is 1. The number of rotatable bonds is 12. The summed E-state index contributed by atoms with van der Waals surface area (Å²) in [6.07, 6.45) is 1.92. The van der Waals surface area contributed by atoms with E-state index in [1.165, 1.54) is 26.8 Å². The molecule has 2 unspecified atom stereocenters. The number of hydrogen-bond acceptors (Lipinski definition) is 8. The maximum Gasteiger partial charge on any atom is 0.252 e. The number of Topliss-reactive ketones (excluding diaryl/α,β-unsaturated/α-hetero) is 1. The van der Waals surface area contributed by atoms with Crippen LogP contribution in [0.2, 0.25) is 5.02 Å². The lowest BCUT2D eigenvalue weighted by Crippen LogP contribution is -2.59. The van der Waals surface area contributed by atoms with Crippen LogP contribution in [-0.2, 0) is 31.4 Å². The predicted molar refractivity (Wildman–Crippen MR) is 195 cm³/mol. The standard InChI is InChI=1S/C36H39ClN4O6S3/c1-2-39-20-6-9-30(39)23-34(42)33-25-40(21-22-41(33)49(44,45)32-17-12-27(13-18-32)26-7-4-3-5-8-26)50(46,47)35-19-16-31(48-35)24-38-36(43)28-10-14-29(37)15-11-28/h3-5,7-8,10-19,30,33H,2,6,9,20-25H2,1H3,(H,38,43). The number of ketones is 1. The highest BCUT2D eigenvalue weighted by molar-refractivity contribution is 7.91. The Kier molecular flexibility index (Phi) is 11.2. The van der Waals surface area contributed by atoms with Crippen LogP contribution in [-0.4, -0.2) is 86.8 Å². The number of hydrogen-bond donors (Lipinski definition) is 1. The van der Waals surface area contributed by atoms with Gasteiger partial charge in [0.1, 0.15) is 4.21 Å². The Balaban J connectivity index is 1.21. The van der Waals surface area contributed by atoms with Gasteiger partial charge in [-0.2, -0.15) is 8.61 Å². The predicted octanol–water partition coefficient (Wildman–Crippen LogP) is 5.51. The number of halogens is 1. The van der Waals surface area contributed by atoms with Crippen molar-refractivity contribution in [3.63, 3.8) is 0 Å². The Morgan fingerprint density at radius 2 is 1.54 bits per heavy atom. The number of sulfonamides is 2. The first-order valence-corrected chi connectivity index (χ1v) is 20.6. The van der Waals surface area contributed by atoms with Crippen LogP contribution in [0.25, 0.3) is 11.1 Å². The Labute approximate surface area is 302 Å². The molecular weight excluding hydrogens is 716 g/mol. The van der Waals surface area contributed by atoms with Crippen LogP contribution in [0.1, 0.15) is 41.4 Å². The molecule has 6 rings (SSSR count). The summed E-state index contributed by atoms with van der Waals surface area (Å²) in [5.74, 6) is -0.617. The van der Waals surface area contributed by atoms with Gasteiger partial charge in [-0.05, 0) is 85.6 Å². The van der Waals surface area contributed by atoms with Crippen LogP contribution in [0.3, 0.4) is 0 Å². The van der Waals surface area contributed by atoms with Crippen LogP contribution >= 0.6 is 22.9 Å². The third kappa shape index (κ3) is 7.89. The van der Waals surface area contributed by atoms with Crippen molar-refractivity contribution in [2.75, 3.05) is 32.7 Å². The zero-order valence-corrected chi connectivity index (χ0v) is 30.8. The Morgan fingerprint density at radius 3 is 2.24 bits per heavy atom. The molecule has 3 aromatic carbocycles. The van der Waals surface area contributed by atoms with Gasteiger partial charge in [0.2, 0.25) is 10.0 Å². The fraction of sp³-hybridized carbons (Fsp3) is 0.333. The summed E-state index contributed by atoms with van der Waals surface area (Å²) < 4.78 is 58.6. The zero-order valence-electron chi connectivity index (χ0n) is 27.6. The quantitative estimate of drug-likeness (QED) is 0.203. The fourth-order valence-electron chi connectivity index (χ4n) is 6.60. The highest BCUT2D eigenvalue weighted by Crippen LogP contribution is 2.31. The minimum absolute atomic E-state index is 0.0165. The number of carbonyl (C=O) groups excluding carboxylic acids is 2. The smallest absolute Gasteiger partial charge is 0.252 e. The monoisotopic (exact) mass is 754 g/mol. The van der Waals surface area contributed by atoms with E-state index in [0.717, 1.165) is 48.4 Å². The van der Waals surface area contributed by atoms with Crippen LogP contribution in [0.5, 0.6) is 0 Å². The average molecular weight is 755 g/mol. The van der Waals surface area contributed by atoms with Gasteiger partial charge in [-0.25, -0.2) is 16.8 Å². The van der Waals surface area contributed by atoms with E-state index >= 15 is 0 Å². The number of benzene rings is 3. The minimum atomic E-state index is -4.15. The largest absolute Gasteiger partial charge is 0.347 e. The summed E-state index contributed by atoms with van der Waals surface area (Å²) in [7, 11) is -8.22. The Bertz CT molecular complexity index is 2040. The summed E-state index contributed by atoms with van der Waals surface area (Å²) in [5.41, 5.74) is 2.23. The topological polar surface area (TPSA) is 124 Å². The molecule has 0 saturated carbocycles. The van der Waals surface area contributed by atoms with Crippen LogP contribution in [0.15, 0.2) is 100 Å². The number of amides is 1. The van der Waals surface area contributed by atoms with Gasteiger partial charge < -0.3 is 10.2 Å². The second-order valence-electron chi connectivity index (χ2n) is 12.4. The third-order valence-electron chi connectivity index (χ3n) is 9.34. The van der Waals surface area contributed by atoms with Crippen molar-refractivity contribution in [1.82, 2.24) is 18.8 Å². The molecule has 0 bridgehead atoms. The van der Waals surface area contributed by atoms with E-state index in [4.69, 9.17) is 11.6 Å². The maximum absolute atomic E-state index is 14.1. The molecule has 2 aliphatic rings. The Morgan fingerprint density at radius 1 is 0.840 bits per heavy atom. The molecule has 4 aromatic rings. The third-order valence-corrected chi connectivity index (χ3v) is 14.9. The van der Waals surface area contributed by atoms with E-state index in [1.54, 1.807) is 42.5 Å². The van der Waals surface area contributed by atoms with Crippen LogP contribution in [0, 0.1) is 0 Å². The maximum atomic E-state index is 14.1. The number of likely N-dealkylation sites (tertiary alicyclic amines) is 1. The van der Waals surface area contributed by atoms with Crippen molar-refractivity contribution < 1.29 is 26.4 Å². The van der Waals surface area contributed by atoms with Crippen molar-refractivity contribution in [3.8, 4) is 11.1 Å². The van der Waals surface area contributed by atoms with E-state index in [9.17, 15) is 26.4 Å². The molecule has 2 fully saturated rings. The molecule has 2 aliphatic heterocycles. The summed E-state index contributed by atoms with van der Waals surface area (Å²) in [6.45, 7) is 3.23. The second kappa shape index (κ2) is 15.4. The molecule has 1 N–H and O–H groups in total. The van der Waals surface area contributed by atoms with E-state index in [1.807, 2.05) is 37.3 Å². The summed E-state index contributed by atoms with van der Waals surface area (Å²) in [4.78, 5) is 29.5. The molecule has 0 aliphatic carbocycles. The molecule has 3 heterocycles. The van der Waals surface area contributed by atoms with Crippen molar-refractivity contribution >= 4 is 54.7 Å². The lowest BCUT2D eigenvalue weighted by molar-refractivity contribution is -0.124. The van der Waals surface area contributed by atoms with Gasteiger partial charge in [-0.3, -0.25) is 9.59 Å². The number of nitrogens with zero attached hydrogens (tertiary/aromatic N) is 3. The molecule has 14 heteroatoms. The first-order chi connectivity index (χ1) is 24.0. The summed E-state index contributed by atoms with van der Waals surface area (Å²) in [6, 6.07) is 24.5. The molecular formula is C36H39ClN4O6S3. The fourth-order valence-corrected chi connectivity index (χ4v) is 11.2. The van der Waals surface area contributed by atoms with Gasteiger partial charge in [0.05, 0.1) is 17.5 Å². The van der Waals surface area contributed by atoms with Gasteiger partial charge in [0.15, 0.2) is 5.78 Å². The van der Waals surface area contributed by atoms with Crippen LogP contribution in [0.4, 0.5) is 0 Å². The minimum Gasteiger partial charge on any atom is -0.347 e. The normalized spacial score (nSPS) is 19.4.